The Bertz CT molecular complexity index is 576. The van der Waals surface area contributed by atoms with E-state index in [1.54, 1.807) is 30.1 Å². The zero-order valence-electron chi connectivity index (χ0n) is 9.85. The molecule has 0 N–H and O–H groups in total. The standard InChI is InChI=1S/C11H9N3O5/c1-18-8-4-2-7(3-5-8)10-9(6-12)14(17)19-11(10)13(15)16/h2-5,10-11H,1H3. The predicted molar refractivity (Wildman–Crippen MR) is 63.1 cm³/mol. The average molecular weight is 263 g/mol. The quantitative estimate of drug-likeness (QED) is 0.463. The molecular formula is C11H9N3O5. The van der Waals surface area contributed by atoms with Crippen LogP contribution < -0.4 is 4.74 Å². The normalized spacial score (nSPS) is 21.7. The van der Waals surface area contributed by atoms with E-state index in [-0.39, 0.29) is 10.6 Å². The fraction of sp³-hybridized carbons (Fsp3) is 0.273. The summed E-state index contributed by atoms with van der Waals surface area (Å²) in [7, 11) is 1.49. The second-order valence-corrected chi connectivity index (χ2v) is 3.79. The van der Waals surface area contributed by atoms with E-state index in [9.17, 15) is 15.0 Å². The molecule has 1 aliphatic rings. The average Bonchev–Trinajstić information content (AvgIpc) is 2.76. The second kappa shape index (κ2) is 4.87. The maximum atomic E-state index is 11.3. The molecule has 1 aromatic carbocycles. The number of methoxy groups -OCH3 is 1. The molecule has 1 heterocycles. The highest BCUT2D eigenvalue weighted by atomic mass is 16.8. The first kappa shape index (κ1) is 12.7. The van der Waals surface area contributed by atoms with Crippen LogP contribution in [0.3, 0.4) is 0 Å². The van der Waals surface area contributed by atoms with Crippen LogP contribution in [-0.4, -0.2) is 29.1 Å². The number of hydrogen-bond donors (Lipinski definition) is 0. The lowest BCUT2D eigenvalue weighted by Crippen LogP contribution is -2.24. The van der Waals surface area contributed by atoms with Crippen LogP contribution >= 0.6 is 0 Å². The third-order valence-electron chi connectivity index (χ3n) is 2.78. The largest absolute Gasteiger partial charge is 0.758 e. The van der Waals surface area contributed by atoms with Crippen molar-refractivity contribution in [3.8, 4) is 5.75 Å². The van der Waals surface area contributed by atoms with Gasteiger partial charge in [0, 0.05) is 0 Å². The zero-order chi connectivity index (χ0) is 14.0. The van der Waals surface area contributed by atoms with Crippen LogP contribution in [0.1, 0.15) is 11.5 Å². The molecular weight excluding hydrogens is 254 g/mol. The topological polar surface area (TPSA) is 104 Å². The van der Waals surface area contributed by atoms with Crippen molar-refractivity contribution in [1.82, 2.24) is 0 Å². The molecule has 0 radical (unpaired) electrons. The monoisotopic (exact) mass is 263 g/mol. The Morgan fingerprint density at radius 2 is 2.11 bits per heavy atom. The van der Waals surface area contributed by atoms with Gasteiger partial charge in [0.2, 0.25) is 0 Å². The molecule has 98 valence electrons. The van der Waals surface area contributed by atoms with Crippen molar-refractivity contribution >= 4 is 5.87 Å². The van der Waals surface area contributed by atoms with E-state index in [0.717, 1.165) is 0 Å². The van der Waals surface area contributed by atoms with E-state index >= 15 is 0 Å². The maximum absolute atomic E-state index is 11.3. The molecule has 8 heteroatoms. The first-order chi connectivity index (χ1) is 9.08. The van der Waals surface area contributed by atoms with Gasteiger partial charge in [-0.2, -0.15) is 5.87 Å². The summed E-state index contributed by atoms with van der Waals surface area (Å²) in [5, 5.41) is 19.8. The van der Waals surface area contributed by atoms with E-state index < -0.39 is 17.1 Å². The smallest absolute Gasteiger partial charge is 0.434 e. The summed E-state index contributed by atoms with van der Waals surface area (Å²) in [6, 6.07) is 6.29. The Labute approximate surface area is 107 Å². The molecule has 0 spiro atoms. The van der Waals surface area contributed by atoms with Gasteiger partial charge in [-0.25, -0.2) is 0 Å². The molecule has 0 aromatic heterocycles. The van der Waals surface area contributed by atoms with Gasteiger partial charge in [-0.3, -0.25) is 10.1 Å². The fourth-order valence-electron chi connectivity index (χ4n) is 1.87. The van der Waals surface area contributed by atoms with Gasteiger partial charge >= 0.3 is 11.9 Å². The van der Waals surface area contributed by atoms with Crippen LogP contribution in [0.15, 0.2) is 30.0 Å². The van der Waals surface area contributed by atoms with Gasteiger partial charge < -0.3 is 10.1 Å². The lowest BCUT2D eigenvalue weighted by molar-refractivity contribution is -0.804. The highest BCUT2D eigenvalue weighted by Crippen LogP contribution is 2.35. The predicted octanol–water partition coefficient (Wildman–Crippen LogP) is 1.23. The van der Waals surface area contributed by atoms with Crippen LogP contribution in [0.25, 0.3) is 5.41 Å². The van der Waals surface area contributed by atoms with Gasteiger partial charge in [-0.15, -0.1) is 4.84 Å². The summed E-state index contributed by atoms with van der Waals surface area (Å²) in [6.07, 6.45) is -1.60. The molecule has 1 aliphatic heterocycles. The minimum absolute atomic E-state index is 0.0949. The van der Waals surface area contributed by atoms with Gasteiger partial charge in [-0.05, 0) is 17.7 Å². The zero-order valence-corrected chi connectivity index (χ0v) is 9.85. The van der Waals surface area contributed by atoms with Crippen LogP contribution in [0.2, 0.25) is 0 Å². The number of nitro groups is 1. The number of hydrogen-bond acceptors (Lipinski definition) is 5. The molecule has 1 saturated heterocycles. The maximum Gasteiger partial charge on any atom is 0.434 e. The van der Waals surface area contributed by atoms with Crippen molar-refractivity contribution in [1.29, 1.82) is 0 Å². The van der Waals surface area contributed by atoms with Crippen LogP contribution in [0.5, 0.6) is 5.75 Å². The van der Waals surface area contributed by atoms with Gasteiger partial charge in [0.15, 0.2) is 5.92 Å². The van der Waals surface area contributed by atoms with E-state index in [4.69, 9.17) is 10.1 Å². The summed E-state index contributed by atoms with van der Waals surface area (Å²) in [5.74, 6) is 1.19. The summed E-state index contributed by atoms with van der Waals surface area (Å²) < 4.78 is 4.97. The van der Waals surface area contributed by atoms with E-state index in [0.29, 0.717) is 11.3 Å². The Balaban J connectivity index is 2.45. The van der Waals surface area contributed by atoms with E-state index in [1.165, 1.54) is 7.11 Å². The first-order valence-corrected chi connectivity index (χ1v) is 5.27. The Kier molecular flexibility index (Phi) is 3.26. The van der Waals surface area contributed by atoms with Crippen molar-refractivity contribution in [2.24, 2.45) is 0 Å². The molecule has 8 nitrogen and oxygen atoms in total. The van der Waals surface area contributed by atoms with Gasteiger partial charge in [0.25, 0.3) is 4.92 Å². The van der Waals surface area contributed by atoms with Gasteiger partial charge in [0.05, 0.1) is 16.9 Å². The highest BCUT2D eigenvalue weighted by molar-refractivity contribution is 5.61. The molecule has 1 fully saturated rings. The lowest BCUT2D eigenvalue weighted by Gasteiger charge is -2.06. The van der Waals surface area contributed by atoms with Crippen LogP contribution in [0, 0.1) is 15.0 Å². The SMILES string of the molecule is COc1ccc(C2C(=C=[N-])[N+](=O)OC2[N+](=O)[O-])cc1. The van der Waals surface area contributed by atoms with Crippen molar-refractivity contribution in [3.63, 3.8) is 0 Å². The summed E-state index contributed by atoms with van der Waals surface area (Å²) in [5.41, 5.74) is 0.101. The molecule has 0 amide bonds. The molecule has 19 heavy (non-hydrogen) atoms. The Morgan fingerprint density at radius 1 is 1.47 bits per heavy atom. The summed E-state index contributed by atoms with van der Waals surface area (Å²) >= 11 is 0. The third kappa shape index (κ3) is 2.16. The number of rotatable bonds is 3. The van der Waals surface area contributed by atoms with Crippen molar-refractivity contribution in [2.75, 3.05) is 7.11 Å². The van der Waals surface area contributed by atoms with Crippen LogP contribution in [-0.2, 0) is 4.84 Å². The highest BCUT2D eigenvalue weighted by Gasteiger charge is 2.56. The molecule has 2 rings (SSSR count). The van der Waals surface area contributed by atoms with E-state index in [1.807, 2.05) is 0 Å². The van der Waals surface area contributed by atoms with Crippen molar-refractivity contribution < 1.29 is 19.4 Å². The van der Waals surface area contributed by atoms with Gasteiger partial charge in [-0.1, -0.05) is 12.1 Å². The summed E-state index contributed by atoms with van der Waals surface area (Å²) in [4.78, 5) is 25.9. The van der Waals surface area contributed by atoms with Crippen molar-refractivity contribution in [2.45, 2.75) is 12.1 Å². The molecule has 0 aliphatic carbocycles. The second-order valence-electron chi connectivity index (χ2n) is 3.79. The third-order valence-corrected chi connectivity index (χ3v) is 2.78. The lowest BCUT2D eigenvalue weighted by atomic mass is 9.95. The Hall–Kier alpha value is -2.73. The molecule has 2 unspecified atom stereocenters. The number of benzene rings is 1. The molecule has 1 aromatic rings. The molecule has 0 bridgehead atoms. The van der Waals surface area contributed by atoms with Crippen molar-refractivity contribution in [3.05, 3.63) is 56.0 Å². The minimum atomic E-state index is -1.60. The minimum Gasteiger partial charge on any atom is -0.758 e. The van der Waals surface area contributed by atoms with Gasteiger partial charge in [0.1, 0.15) is 5.75 Å². The number of nitrogens with zero attached hydrogens (tertiary/aromatic N) is 3. The number of ether oxygens (including phenoxy) is 1. The summed E-state index contributed by atoms with van der Waals surface area (Å²) in [6.45, 7) is 0. The van der Waals surface area contributed by atoms with Crippen LogP contribution in [0.4, 0.5) is 0 Å². The first-order valence-electron chi connectivity index (χ1n) is 5.27. The Morgan fingerprint density at radius 3 is 2.58 bits per heavy atom. The molecule has 0 saturated carbocycles. The fourth-order valence-corrected chi connectivity index (χ4v) is 1.87. The molecule has 2 atom stereocenters. The van der Waals surface area contributed by atoms with E-state index in [2.05, 4.69) is 4.84 Å².